The average molecular weight is 305 g/mol. The Morgan fingerprint density at radius 3 is 2.60 bits per heavy atom. The van der Waals surface area contributed by atoms with Crippen molar-refractivity contribution in [2.24, 2.45) is 5.73 Å². The van der Waals surface area contributed by atoms with Crippen molar-refractivity contribution < 1.29 is 17.6 Å². The molecule has 1 aromatic heterocycles. The maximum atomic E-state index is 12.7. The fourth-order valence-electron chi connectivity index (χ4n) is 1.79. The first-order valence-corrected chi connectivity index (χ1v) is 6.14. The first kappa shape index (κ1) is 14.7. The van der Waals surface area contributed by atoms with Crippen molar-refractivity contribution >= 4 is 17.3 Å². The lowest BCUT2D eigenvalue weighted by atomic mass is 10.1. The summed E-state index contributed by atoms with van der Waals surface area (Å²) in [7, 11) is 0. The molecule has 1 atom stereocenters. The van der Waals surface area contributed by atoms with E-state index in [4.69, 9.17) is 21.8 Å². The standard InChI is InChI=1S/C13H12ClF3N2O/c14-10-3-9(13(15,16)17)4-11(5-10)19-12(6-18)8-1-2-20-7-8/h1-5,7,12,19H,6,18H2. The van der Waals surface area contributed by atoms with E-state index in [1.54, 1.807) is 6.07 Å². The van der Waals surface area contributed by atoms with Crippen LogP contribution in [0, 0.1) is 0 Å². The van der Waals surface area contributed by atoms with E-state index in [1.165, 1.54) is 18.6 Å². The van der Waals surface area contributed by atoms with Gasteiger partial charge in [0, 0.05) is 22.8 Å². The van der Waals surface area contributed by atoms with Gasteiger partial charge in [0.25, 0.3) is 0 Å². The van der Waals surface area contributed by atoms with Gasteiger partial charge in [-0.05, 0) is 24.3 Å². The van der Waals surface area contributed by atoms with E-state index in [-0.39, 0.29) is 23.3 Å². The summed E-state index contributed by atoms with van der Waals surface area (Å²) in [4.78, 5) is 0. The minimum Gasteiger partial charge on any atom is -0.472 e. The second-order valence-electron chi connectivity index (χ2n) is 4.22. The van der Waals surface area contributed by atoms with E-state index in [1.807, 2.05) is 0 Å². The topological polar surface area (TPSA) is 51.2 Å². The largest absolute Gasteiger partial charge is 0.472 e. The van der Waals surface area contributed by atoms with Crippen molar-refractivity contribution in [1.29, 1.82) is 0 Å². The number of hydrogen-bond donors (Lipinski definition) is 2. The van der Waals surface area contributed by atoms with Gasteiger partial charge in [0.1, 0.15) is 0 Å². The zero-order chi connectivity index (χ0) is 14.8. The minimum atomic E-state index is -4.45. The third kappa shape index (κ3) is 3.46. The molecule has 0 aliphatic carbocycles. The Hall–Kier alpha value is -1.66. The van der Waals surface area contributed by atoms with E-state index in [0.29, 0.717) is 0 Å². The Morgan fingerprint density at radius 1 is 1.30 bits per heavy atom. The highest BCUT2D eigenvalue weighted by molar-refractivity contribution is 6.30. The molecule has 0 spiro atoms. The predicted octanol–water partition coefficient (Wildman–Crippen LogP) is 4.06. The van der Waals surface area contributed by atoms with Crippen molar-refractivity contribution in [3.8, 4) is 0 Å². The lowest BCUT2D eigenvalue weighted by molar-refractivity contribution is -0.137. The van der Waals surface area contributed by atoms with Crippen LogP contribution in [0.25, 0.3) is 0 Å². The molecule has 3 nitrogen and oxygen atoms in total. The van der Waals surface area contributed by atoms with E-state index in [9.17, 15) is 13.2 Å². The summed E-state index contributed by atoms with van der Waals surface area (Å²) >= 11 is 5.72. The summed E-state index contributed by atoms with van der Waals surface area (Å²) < 4.78 is 43.1. The molecular weight excluding hydrogens is 293 g/mol. The lowest BCUT2D eigenvalue weighted by Crippen LogP contribution is -2.20. The van der Waals surface area contributed by atoms with Gasteiger partial charge in [0.05, 0.1) is 24.1 Å². The van der Waals surface area contributed by atoms with Crippen LogP contribution in [0.4, 0.5) is 18.9 Å². The SMILES string of the molecule is NCC(Nc1cc(Cl)cc(C(F)(F)F)c1)c1ccoc1. The molecule has 7 heteroatoms. The van der Waals surface area contributed by atoms with E-state index >= 15 is 0 Å². The molecule has 1 unspecified atom stereocenters. The Bertz CT molecular complexity index is 569. The van der Waals surface area contributed by atoms with Crippen molar-refractivity contribution in [2.45, 2.75) is 12.2 Å². The molecule has 0 saturated heterocycles. The van der Waals surface area contributed by atoms with Gasteiger partial charge in [-0.3, -0.25) is 0 Å². The second-order valence-corrected chi connectivity index (χ2v) is 4.65. The highest BCUT2D eigenvalue weighted by Gasteiger charge is 2.31. The molecule has 3 N–H and O–H groups in total. The zero-order valence-corrected chi connectivity index (χ0v) is 11.0. The van der Waals surface area contributed by atoms with E-state index in [0.717, 1.165) is 17.7 Å². The number of nitrogens with one attached hydrogen (secondary N) is 1. The summed E-state index contributed by atoms with van der Waals surface area (Å²) in [5.74, 6) is 0. The van der Waals surface area contributed by atoms with Gasteiger partial charge in [-0.1, -0.05) is 11.6 Å². The van der Waals surface area contributed by atoms with Crippen molar-refractivity contribution in [1.82, 2.24) is 0 Å². The van der Waals surface area contributed by atoms with Gasteiger partial charge < -0.3 is 15.5 Å². The highest BCUT2D eigenvalue weighted by atomic mass is 35.5. The van der Waals surface area contributed by atoms with Crippen LogP contribution in [0.15, 0.2) is 41.2 Å². The number of benzene rings is 1. The Balaban J connectivity index is 2.27. The van der Waals surface area contributed by atoms with Crippen LogP contribution in [-0.4, -0.2) is 6.54 Å². The van der Waals surface area contributed by atoms with Gasteiger partial charge in [0.15, 0.2) is 0 Å². The molecule has 0 amide bonds. The predicted molar refractivity (Wildman–Crippen MR) is 70.6 cm³/mol. The van der Waals surface area contributed by atoms with Gasteiger partial charge >= 0.3 is 6.18 Å². The Morgan fingerprint density at radius 2 is 2.05 bits per heavy atom. The first-order valence-electron chi connectivity index (χ1n) is 5.76. The maximum absolute atomic E-state index is 12.7. The lowest BCUT2D eigenvalue weighted by Gasteiger charge is -2.18. The molecular formula is C13H12ClF3N2O. The first-order chi connectivity index (χ1) is 9.40. The number of alkyl halides is 3. The molecule has 20 heavy (non-hydrogen) atoms. The van der Waals surface area contributed by atoms with Gasteiger partial charge in [-0.2, -0.15) is 13.2 Å². The normalized spacial score (nSPS) is 13.2. The second kappa shape index (κ2) is 5.76. The average Bonchev–Trinajstić information content (AvgIpc) is 2.88. The van der Waals surface area contributed by atoms with Crippen LogP contribution in [-0.2, 0) is 6.18 Å². The Labute approximate surface area is 118 Å². The number of rotatable bonds is 4. The summed E-state index contributed by atoms with van der Waals surface area (Å²) in [6.45, 7) is 0.202. The van der Waals surface area contributed by atoms with E-state index in [2.05, 4.69) is 5.32 Å². The van der Waals surface area contributed by atoms with Crippen LogP contribution < -0.4 is 11.1 Å². The summed E-state index contributed by atoms with van der Waals surface area (Å²) in [6, 6.07) is 4.63. The number of furan rings is 1. The van der Waals surface area contributed by atoms with E-state index < -0.39 is 11.7 Å². The highest BCUT2D eigenvalue weighted by Crippen LogP contribution is 2.34. The smallest absolute Gasteiger partial charge is 0.416 e. The molecule has 108 valence electrons. The molecule has 2 aromatic rings. The van der Waals surface area contributed by atoms with Crippen LogP contribution >= 0.6 is 11.6 Å². The van der Waals surface area contributed by atoms with Crippen molar-refractivity contribution in [3.63, 3.8) is 0 Å². The number of halogens is 4. The minimum absolute atomic E-state index is 0.00490. The van der Waals surface area contributed by atoms with Crippen LogP contribution in [0.2, 0.25) is 5.02 Å². The fraction of sp³-hybridized carbons (Fsp3) is 0.231. The molecule has 0 aliphatic rings. The third-order valence-corrected chi connectivity index (χ3v) is 2.97. The van der Waals surface area contributed by atoms with Gasteiger partial charge in [-0.15, -0.1) is 0 Å². The maximum Gasteiger partial charge on any atom is 0.416 e. The molecule has 0 bridgehead atoms. The fourth-order valence-corrected chi connectivity index (χ4v) is 2.02. The van der Waals surface area contributed by atoms with Crippen molar-refractivity contribution in [3.05, 3.63) is 52.9 Å². The number of hydrogen-bond acceptors (Lipinski definition) is 3. The molecule has 1 aromatic carbocycles. The number of nitrogens with two attached hydrogens (primary N) is 1. The van der Waals surface area contributed by atoms with Crippen LogP contribution in [0.1, 0.15) is 17.2 Å². The van der Waals surface area contributed by atoms with Gasteiger partial charge in [-0.25, -0.2) is 0 Å². The molecule has 0 aliphatic heterocycles. The van der Waals surface area contributed by atoms with Crippen LogP contribution in [0.5, 0.6) is 0 Å². The summed E-state index contributed by atoms with van der Waals surface area (Å²) in [6.07, 6.45) is -1.49. The van der Waals surface area contributed by atoms with Crippen molar-refractivity contribution in [2.75, 3.05) is 11.9 Å². The summed E-state index contributed by atoms with van der Waals surface area (Å²) in [5, 5.41) is 2.92. The third-order valence-electron chi connectivity index (χ3n) is 2.75. The van der Waals surface area contributed by atoms with Gasteiger partial charge in [0.2, 0.25) is 0 Å². The monoisotopic (exact) mass is 304 g/mol. The quantitative estimate of drug-likeness (QED) is 0.895. The summed E-state index contributed by atoms with van der Waals surface area (Å²) in [5.41, 5.74) is 5.81. The molecule has 0 saturated carbocycles. The number of anilines is 1. The molecule has 0 radical (unpaired) electrons. The molecule has 0 fully saturated rings. The van der Waals surface area contributed by atoms with Crippen LogP contribution in [0.3, 0.4) is 0 Å². The molecule has 1 heterocycles. The zero-order valence-electron chi connectivity index (χ0n) is 10.2. The Kier molecular flexibility index (Phi) is 4.25. The molecule has 2 rings (SSSR count).